The van der Waals surface area contributed by atoms with Gasteiger partial charge >= 0.3 is 0 Å². The predicted octanol–water partition coefficient (Wildman–Crippen LogP) is 3.18. The lowest BCUT2D eigenvalue weighted by atomic mass is 10.1. The summed E-state index contributed by atoms with van der Waals surface area (Å²) in [5.41, 5.74) is 3.37. The number of hydrogen-bond donors (Lipinski definition) is 2. The Hall–Kier alpha value is -1.16. The maximum atomic E-state index is 4.41. The van der Waals surface area contributed by atoms with Crippen molar-refractivity contribution in [2.75, 3.05) is 16.8 Å². The Morgan fingerprint density at radius 3 is 3.24 bits per heavy atom. The van der Waals surface area contributed by atoms with Gasteiger partial charge in [-0.3, -0.25) is 0 Å². The van der Waals surface area contributed by atoms with Gasteiger partial charge in [-0.1, -0.05) is 0 Å². The van der Waals surface area contributed by atoms with Crippen LogP contribution >= 0.6 is 11.8 Å². The summed E-state index contributed by atoms with van der Waals surface area (Å²) in [6.45, 7) is 1.99. The average molecular weight is 247 g/mol. The molecule has 1 saturated heterocycles. The molecule has 2 N–H and O–H groups in total. The monoisotopic (exact) mass is 247 g/mol. The fraction of sp³-hybridized carbons (Fsp3) is 0.462. The van der Waals surface area contributed by atoms with Crippen LogP contribution in [0.5, 0.6) is 0 Å². The Kier molecular flexibility index (Phi) is 2.97. The highest BCUT2D eigenvalue weighted by Gasteiger charge is 2.13. The van der Waals surface area contributed by atoms with Crippen molar-refractivity contribution in [1.82, 2.24) is 9.97 Å². The van der Waals surface area contributed by atoms with Gasteiger partial charge in [0.2, 0.25) is 0 Å². The Balaban J connectivity index is 1.79. The number of aryl methyl sites for hydroxylation is 1. The van der Waals surface area contributed by atoms with Gasteiger partial charge in [0, 0.05) is 17.5 Å². The second-order valence-electron chi connectivity index (χ2n) is 4.61. The number of nitrogens with one attached hydrogen (secondary N) is 2. The second-order valence-corrected chi connectivity index (χ2v) is 5.76. The standard InChI is InChI=1S/C13H17N3S/c1-9-14-12-5-4-10(7-13(12)15-9)16-11-3-2-6-17-8-11/h4-5,7,11,16H,2-3,6,8H2,1H3,(H,14,15). The first-order valence-corrected chi connectivity index (χ1v) is 7.27. The van der Waals surface area contributed by atoms with E-state index < -0.39 is 0 Å². The normalized spacial score (nSPS) is 20.6. The molecule has 1 aliphatic heterocycles. The summed E-state index contributed by atoms with van der Waals surface area (Å²) in [6.07, 6.45) is 2.61. The van der Waals surface area contributed by atoms with Crippen LogP contribution in [0.1, 0.15) is 18.7 Å². The maximum Gasteiger partial charge on any atom is 0.104 e. The highest BCUT2D eigenvalue weighted by molar-refractivity contribution is 7.99. The average Bonchev–Trinajstić information content (AvgIpc) is 2.70. The zero-order valence-corrected chi connectivity index (χ0v) is 10.8. The maximum absolute atomic E-state index is 4.41. The van der Waals surface area contributed by atoms with E-state index >= 15 is 0 Å². The number of aromatic nitrogens is 2. The van der Waals surface area contributed by atoms with Crippen molar-refractivity contribution >= 4 is 28.5 Å². The van der Waals surface area contributed by atoms with Gasteiger partial charge in [0.25, 0.3) is 0 Å². The summed E-state index contributed by atoms with van der Waals surface area (Å²) in [5.74, 6) is 3.52. The van der Waals surface area contributed by atoms with Crippen molar-refractivity contribution in [3.05, 3.63) is 24.0 Å². The van der Waals surface area contributed by atoms with Crippen molar-refractivity contribution < 1.29 is 0 Å². The molecule has 2 aromatic rings. The van der Waals surface area contributed by atoms with Gasteiger partial charge in [0.05, 0.1) is 11.0 Å². The lowest BCUT2D eigenvalue weighted by molar-refractivity contribution is 0.685. The molecule has 2 heterocycles. The van der Waals surface area contributed by atoms with Crippen LogP contribution in [0.2, 0.25) is 0 Å². The summed E-state index contributed by atoms with van der Waals surface area (Å²) in [7, 11) is 0. The molecule has 1 atom stereocenters. The first kappa shape index (κ1) is 11.0. The minimum Gasteiger partial charge on any atom is -0.381 e. The number of fused-ring (bicyclic) bond motifs is 1. The first-order valence-electron chi connectivity index (χ1n) is 6.12. The van der Waals surface area contributed by atoms with Gasteiger partial charge in [-0.25, -0.2) is 4.98 Å². The lowest BCUT2D eigenvalue weighted by Gasteiger charge is -2.23. The molecule has 0 radical (unpaired) electrons. The van der Waals surface area contributed by atoms with E-state index in [4.69, 9.17) is 0 Å². The first-order chi connectivity index (χ1) is 8.31. The zero-order chi connectivity index (χ0) is 11.7. The molecule has 0 spiro atoms. The number of hydrogen-bond acceptors (Lipinski definition) is 3. The number of anilines is 1. The van der Waals surface area contributed by atoms with E-state index in [1.54, 1.807) is 0 Å². The smallest absolute Gasteiger partial charge is 0.104 e. The third kappa shape index (κ3) is 2.41. The minimum absolute atomic E-state index is 0.621. The number of aromatic amines is 1. The van der Waals surface area contributed by atoms with E-state index in [1.165, 1.54) is 30.0 Å². The van der Waals surface area contributed by atoms with E-state index in [-0.39, 0.29) is 0 Å². The Morgan fingerprint density at radius 2 is 2.41 bits per heavy atom. The predicted molar refractivity (Wildman–Crippen MR) is 74.8 cm³/mol. The summed E-state index contributed by atoms with van der Waals surface area (Å²) in [4.78, 5) is 7.69. The second kappa shape index (κ2) is 4.61. The molecular formula is C13H17N3S. The van der Waals surface area contributed by atoms with Crippen LogP contribution in [0.3, 0.4) is 0 Å². The van der Waals surface area contributed by atoms with Crippen LogP contribution in [0.4, 0.5) is 5.69 Å². The number of nitrogens with zero attached hydrogens (tertiary/aromatic N) is 1. The number of benzene rings is 1. The molecule has 1 aromatic heterocycles. The molecule has 3 nitrogen and oxygen atoms in total. The molecule has 1 aromatic carbocycles. The van der Waals surface area contributed by atoms with Gasteiger partial charge < -0.3 is 10.3 Å². The molecule has 1 fully saturated rings. The van der Waals surface area contributed by atoms with Crippen molar-refractivity contribution in [2.45, 2.75) is 25.8 Å². The largest absolute Gasteiger partial charge is 0.381 e. The van der Waals surface area contributed by atoms with Crippen LogP contribution in [0.25, 0.3) is 11.0 Å². The molecular weight excluding hydrogens is 230 g/mol. The van der Waals surface area contributed by atoms with Gasteiger partial charge in [-0.2, -0.15) is 11.8 Å². The molecule has 0 aliphatic carbocycles. The Morgan fingerprint density at radius 1 is 1.47 bits per heavy atom. The highest BCUT2D eigenvalue weighted by Crippen LogP contribution is 2.23. The molecule has 17 heavy (non-hydrogen) atoms. The fourth-order valence-electron chi connectivity index (χ4n) is 2.32. The van der Waals surface area contributed by atoms with Crippen molar-refractivity contribution in [3.8, 4) is 0 Å². The van der Waals surface area contributed by atoms with Gasteiger partial charge in [-0.15, -0.1) is 0 Å². The Labute approximate surface area is 105 Å². The van der Waals surface area contributed by atoms with Crippen LogP contribution in [0.15, 0.2) is 18.2 Å². The topological polar surface area (TPSA) is 40.7 Å². The molecule has 1 unspecified atom stereocenters. The van der Waals surface area contributed by atoms with E-state index in [0.29, 0.717) is 6.04 Å². The summed E-state index contributed by atoms with van der Waals surface area (Å²) in [5, 5.41) is 3.61. The van der Waals surface area contributed by atoms with Crippen LogP contribution < -0.4 is 5.32 Å². The highest BCUT2D eigenvalue weighted by atomic mass is 32.2. The third-order valence-electron chi connectivity index (χ3n) is 3.13. The molecule has 0 bridgehead atoms. The quantitative estimate of drug-likeness (QED) is 0.856. The molecule has 3 rings (SSSR count). The van der Waals surface area contributed by atoms with Crippen LogP contribution in [0, 0.1) is 6.92 Å². The molecule has 4 heteroatoms. The molecule has 0 amide bonds. The number of rotatable bonds is 2. The van der Waals surface area contributed by atoms with Gasteiger partial charge in [0.1, 0.15) is 5.82 Å². The summed E-state index contributed by atoms with van der Waals surface area (Å²) >= 11 is 2.05. The molecule has 0 saturated carbocycles. The fourth-order valence-corrected chi connectivity index (χ4v) is 3.39. The molecule has 90 valence electrons. The van der Waals surface area contributed by atoms with E-state index in [9.17, 15) is 0 Å². The number of H-pyrrole nitrogens is 1. The third-order valence-corrected chi connectivity index (χ3v) is 4.35. The van der Waals surface area contributed by atoms with E-state index in [1.807, 2.05) is 18.7 Å². The number of thioether (sulfide) groups is 1. The van der Waals surface area contributed by atoms with E-state index in [2.05, 4.69) is 33.5 Å². The zero-order valence-electron chi connectivity index (χ0n) is 9.99. The number of imidazole rings is 1. The van der Waals surface area contributed by atoms with Crippen LogP contribution in [-0.4, -0.2) is 27.5 Å². The van der Waals surface area contributed by atoms with E-state index in [0.717, 1.165) is 16.9 Å². The summed E-state index contributed by atoms with van der Waals surface area (Å²) < 4.78 is 0. The SMILES string of the molecule is Cc1nc2ccc(NC3CCCSC3)cc2[nH]1. The Bertz CT molecular complexity index is 514. The van der Waals surface area contributed by atoms with Gasteiger partial charge in [-0.05, 0) is 43.7 Å². The van der Waals surface area contributed by atoms with Crippen molar-refractivity contribution in [3.63, 3.8) is 0 Å². The van der Waals surface area contributed by atoms with Crippen molar-refractivity contribution in [2.24, 2.45) is 0 Å². The minimum atomic E-state index is 0.621. The molecule has 1 aliphatic rings. The van der Waals surface area contributed by atoms with Crippen molar-refractivity contribution in [1.29, 1.82) is 0 Å². The van der Waals surface area contributed by atoms with Crippen LogP contribution in [-0.2, 0) is 0 Å². The lowest BCUT2D eigenvalue weighted by Crippen LogP contribution is -2.25. The summed E-state index contributed by atoms with van der Waals surface area (Å²) in [6, 6.07) is 6.99. The van der Waals surface area contributed by atoms with Gasteiger partial charge in [0.15, 0.2) is 0 Å².